The number of carbonyl (C=O) groups excluding carboxylic acids is 1. The van der Waals surface area contributed by atoms with Crippen molar-refractivity contribution < 1.29 is 4.79 Å². The van der Waals surface area contributed by atoms with Gasteiger partial charge in [0.05, 0.1) is 6.54 Å². The quantitative estimate of drug-likeness (QED) is 0.762. The lowest BCUT2D eigenvalue weighted by Gasteiger charge is -2.10. The molecule has 3 heterocycles. The number of para-hydroxylation sites is 1. The van der Waals surface area contributed by atoms with Crippen LogP contribution in [0.5, 0.6) is 0 Å². The van der Waals surface area contributed by atoms with Crippen molar-refractivity contribution in [1.29, 1.82) is 0 Å². The van der Waals surface area contributed by atoms with Crippen LogP contribution in [-0.4, -0.2) is 20.5 Å². The molecule has 6 nitrogen and oxygen atoms in total. The number of pyridine rings is 1. The maximum absolute atomic E-state index is 12.0. The molecule has 0 radical (unpaired) electrons. The predicted molar refractivity (Wildman–Crippen MR) is 77.6 cm³/mol. The highest BCUT2D eigenvalue weighted by molar-refractivity contribution is 6.02. The molecule has 21 heavy (non-hydrogen) atoms. The van der Waals surface area contributed by atoms with Crippen LogP contribution in [0.1, 0.15) is 17.4 Å². The van der Waals surface area contributed by atoms with Crippen LogP contribution in [0.2, 0.25) is 0 Å². The summed E-state index contributed by atoms with van der Waals surface area (Å²) >= 11 is 0. The first-order valence-electron chi connectivity index (χ1n) is 6.75. The van der Waals surface area contributed by atoms with Crippen LogP contribution >= 0.6 is 0 Å². The molecule has 2 aromatic heterocycles. The topological polar surface area (TPSA) is 71.3 Å². The molecule has 0 bridgehead atoms. The zero-order chi connectivity index (χ0) is 14.2. The maximum atomic E-state index is 12.0. The number of carbonyl (C=O) groups is 1. The van der Waals surface area contributed by atoms with Gasteiger partial charge in [0.2, 0.25) is 5.91 Å². The Hall–Kier alpha value is -2.73. The third-order valence-electron chi connectivity index (χ3n) is 3.64. The van der Waals surface area contributed by atoms with Gasteiger partial charge in [-0.3, -0.25) is 14.5 Å². The molecule has 0 saturated carbocycles. The van der Waals surface area contributed by atoms with Gasteiger partial charge in [0, 0.05) is 17.4 Å². The molecule has 3 aromatic rings. The van der Waals surface area contributed by atoms with Gasteiger partial charge in [0.1, 0.15) is 6.04 Å². The Kier molecular flexibility index (Phi) is 2.68. The summed E-state index contributed by atoms with van der Waals surface area (Å²) in [6.45, 7) is 0.470. The monoisotopic (exact) mass is 279 g/mol. The molecule has 2 N–H and O–H groups in total. The van der Waals surface area contributed by atoms with E-state index in [1.165, 1.54) is 0 Å². The lowest BCUT2D eigenvalue weighted by atomic mass is 10.1. The highest BCUT2D eigenvalue weighted by Crippen LogP contribution is 2.30. The Labute approximate surface area is 120 Å². The number of fused-ring (bicyclic) bond motifs is 2. The lowest BCUT2D eigenvalue weighted by molar-refractivity contribution is -0.117. The number of aromatic nitrogens is 3. The molecule has 0 saturated heterocycles. The van der Waals surface area contributed by atoms with Crippen LogP contribution < -0.4 is 10.6 Å². The van der Waals surface area contributed by atoms with Gasteiger partial charge in [-0.1, -0.05) is 24.3 Å². The fourth-order valence-electron chi connectivity index (χ4n) is 2.62. The summed E-state index contributed by atoms with van der Waals surface area (Å²) in [6, 6.07) is 13.1. The van der Waals surface area contributed by atoms with E-state index in [0.717, 1.165) is 22.7 Å². The molecule has 0 fully saturated rings. The Balaban J connectivity index is 1.59. The van der Waals surface area contributed by atoms with E-state index < -0.39 is 0 Å². The molecule has 1 aliphatic rings. The Morgan fingerprint density at radius 2 is 2.00 bits per heavy atom. The van der Waals surface area contributed by atoms with Crippen molar-refractivity contribution in [3.05, 3.63) is 60.0 Å². The van der Waals surface area contributed by atoms with Crippen LogP contribution in [-0.2, 0) is 11.3 Å². The second kappa shape index (κ2) is 4.68. The van der Waals surface area contributed by atoms with Gasteiger partial charge < -0.3 is 5.32 Å². The van der Waals surface area contributed by atoms with Crippen molar-refractivity contribution in [1.82, 2.24) is 19.9 Å². The van der Waals surface area contributed by atoms with Crippen molar-refractivity contribution in [2.75, 3.05) is 5.32 Å². The molecule has 0 spiro atoms. The molecule has 1 atom stereocenters. The smallest absolute Gasteiger partial charge is 0.246 e. The van der Waals surface area contributed by atoms with Crippen LogP contribution in [0.4, 0.5) is 5.69 Å². The number of amides is 1. The van der Waals surface area contributed by atoms with Crippen LogP contribution in [0.15, 0.2) is 48.7 Å². The number of benzene rings is 1. The van der Waals surface area contributed by atoms with E-state index in [-0.39, 0.29) is 11.9 Å². The molecule has 1 aromatic carbocycles. The van der Waals surface area contributed by atoms with Gasteiger partial charge in [-0.2, -0.15) is 0 Å². The van der Waals surface area contributed by atoms with Crippen molar-refractivity contribution in [3.8, 4) is 0 Å². The maximum Gasteiger partial charge on any atom is 0.246 e. The van der Waals surface area contributed by atoms with E-state index in [4.69, 9.17) is 0 Å². The minimum Gasteiger partial charge on any atom is -0.324 e. The standard InChI is InChI=1S/C15H13N5O/c21-15-14(10-5-1-2-6-11(10)17-15)16-9-13-19-18-12-7-3-4-8-20(12)13/h1-8,14,16H,9H2,(H,17,21). The molecular weight excluding hydrogens is 266 g/mol. The van der Waals surface area contributed by atoms with Crippen molar-refractivity contribution >= 4 is 17.2 Å². The fraction of sp³-hybridized carbons (Fsp3) is 0.133. The predicted octanol–water partition coefficient (Wildman–Crippen LogP) is 1.51. The minimum absolute atomic E-state index is 0.0370. The van der Waals surface area contributed by atoms with Crippen molar-refractivity contribution in [3.63, 3.8) is 0 Å². The lowest BCUT2D eigenvalue weighted by Crippen LogP contribution is -2.27. The summed E-state index contributed by atoms with van der Waals surface area (Å²) in [7, 11) is 0. The third-order valence-corrected chi connectivity index (χ3v) is 3.64. The first kappa shape index (κ1) is 12.0. The largest absolute Gasteiger partial charge is 0.324 e. The SMILES string of the molecule is O=C1Nc2ccccc2C1NCc1nnc2ccccn12. The Morgan fingerprint density at radius 3 is 2.95 bits per heavy atom. The van der Waals surface area contributed by atoms with Gasteiger partial charge in [-0.25, -0.2) is 0 Å². The summed E-state index contributed by atoms with van der Waals surface area (Å²) in [5.74, 6) is 0.743. The molecule has 0 aliphatic carbocycles. The van der Waals surface area contributed by atoms with Gasteiger partial charge in [-0.05, 0) is 18.2 Å². The number of rotatable bonds is 3. The number of nitrogens with one attached hydrogen (secondary N) is 2. The van der Waals surface area contributed by atoms with Crippen LogP contribution in [0, 0.1) is 0 Å². The van der Waals surface area contributed by atoms with E-state index in [1.54, 1.807) is 0 Å². The van der Waals surface area contributed by atoms with Gasteiger partial charge >= 0.3 is 0 Å². The highest BCUT2D eigenvalue weighted by atomic mass is 16.2. The Bertz CT molecular complexity index is 826. The van der Waals surface area contributed by atoms with Crippen LogP contribution in [0.25, 0.3) is 5.65 Å². The zero-order valence-corrected chi connectivity index (χ0v) is 11.2. The molecule has 1 aliphatic heterocycles. The first-order chi connectivity index (χ1) is 10.3. The van der Waals surface area contributed by atoms with Gasteiger partial charge in [-0.15, -0.1) is 10.2 Å². The molecule has 6 heteroatoms. The molecule has 104 valence electrons. The number of hydrogen-bond acceptors (Lipinski definition) is 4. The summed E-state index contributed by atoms with van der Waals surface area (Å²) in [5.41, 5.74) is 2.63. The van der Waals surface area contributed by atoms with E-state index >= 15 is 0 Å². The number of hydrogen-bond donors (Lipinski definition) is 2. The van der Waals surface area contributed by atoms with E-state index in [1.807, 2.05) is 53.1 Å². The second-order valence-corrected chi connectivity index (χ2v) is 4.94. The first-order valence-corrected chi connectivity index (χ1v) is 6.75. The third kappa shape index (κ3) is 1.96. The van der Waals surface area contributed by atoms with E-state index in [0.29, 0.717) is 6.54 Å². The summed E-state index contributed by atoms with van der Waals surface area (Å²) < 4.78 is 1.91. The number of anilines is 1. The highest BCUT2D eigenvalue weighted by Gasteiger charge is 2.29. The number of nitrogens with zero attached hydrogens (tertiary/aromatic N) is 3. The molecule has 1 unspecified atom stereocenters. The molecule has 1 amide bonds. The summed E-state index contributed by atoms with van der Waals surface area (Å²) in [6.07, 6.45) is 1.91. The average Bonchev–Trinajstić information content (AvgIpc) is 3.06. The fourth-order valence-corrected chi connectivity index (χ4v) is 2.62. The van der Waals surface area contributed by atoms with Gasteiger partial charge in [0.25, 0.3) is 0 Å². The second-order valence-electron chi connectivity index (χ2n) is 4.94. The normalized spacial score (nSPS) is 17.0. The average molecular weight is 279 g/mol. The van der Waals surface area contributed by atoms with Gasteiger partial charge in [0.15, 0.2) is 11.5 Å². The summed E-state index contributed by atoms with van der Waals surface area (Å²) in [4.78, 5) is 12.0. The molecule has 4 rings (SSSR count). The molecular formula is C15H13N5O. The zero-order valence-electron chi connectivity index (χ0n) is 11.2. The van der Waals surface area contributed by atoms with Crippen molar-refractivity contribution in [2.24, 2.45) is 0 Å². The van der Waals surface area contributed by atoms with Crippen LogP contribution in [0.3, 0.4) is 0 Å². The minimum atomic E-state index is -0.350. The van der Waals surface area contributed by atoms with Crippen molar-refractivity contribution in [2.45, 2.75) is 12.6 Å². The Morgan fingerprint density at radius 1 is 1.14 bits per heavy atom. The van der Waals surface area contributed by atoms with E-state index in [9.17, 15) is 4.79 Å². The summed E-state index contributed by atoms with van der Waals surface area (Å²) in [5, 5.41) is 14.4. The van der Waals surface area contributed by atoms with E-state index in [2.05, 4.69) is 20.8 Å².